The molecule has 0 radical (unpaired) electrons. The molecule has 1 atom stereocenters. The van der Waals surface area contributed by atoms with E-state index in [1.54, 1.807) is 22.7 Å². The highest BCUT2D eigenvalue weighted by Crippen LogP contribution is 2.32. The number of halogens is 1. The third-order valence-corrected chi connectivity index (χ3v) is 5.27. The molecule has 3 aromatic rings. The number of anilines is 1. The van der Waals surface area contributed by atoms with Crippen LogP contribution in [0.5, 0.6) is 0 Å². The number of aromatic nitrogens is 1. The molecule has 0 fully saturated rings. The van der Waals surface area contributed by atoms with E-state index < -0.39 is 0 Å². The Bertz CT molecular complexity index is 717. The number of benzene rings is 1. The Balaban J connectivity index is 1.85. The first-order valence-corrected chi connectivity index (χ1v) is 8.02. The molecule has 0 amide bonds. The lowest BCUT2D eigenvalue weighted by Gasteiger charge is -2.09. The molecule has 1 unspecified atom stereocenters. The molecule has 3 rings (SSSR count). The Morgan fingerprint density at radius 1 is 1.21 bits per heavy atom. The summed E-state index contributed by atoms with van der Waals surface area (Å²) in [5.74, 6) is 0. The first-order chi connectivity index (χ1) is 9.11. The summed E-state index contributed by atoms with van der Waals surface area (Å²) in [6.45, 7) is 4.22. The zero-order chi connectivity index (χ0) is 13.4. The van der Waals surface area contributed by atoms with E-state index in [1.165, 1.54) is 15.1 Å². The summed E-state index contributed by atoms with van der Waals surface area (Å²) in [7, 11) is 0. The maximum Gasteiger partial charge on any atom is 0.184 e. The van der Waals surface area contributed by atoms with Gasteiger partial charge in [-0.3, -0.25) is 0 Å². The molecule has 0 aliphatic rings. The molecular weight excluding hydrogens is 296 g/mol. The Labute approximate surface area is 125 Å². The van der Waals surface area contributed by atoms with Gasteiger partial charge in [0.05, 0.1) is 20.6 Å². The number of thiophene rings is 1. The molecule has 2 aromatic heterocycles. The van der Waals surface area contributed by atoms with E-state index >= 15 is 0 Å². The van der Waals surface area contributed by atoms with Crippen LogP contribution in [0.15, 0.2) is 30.3 Å². The van der Waals surface area contributed by atoms with Gasteiger partial charge in [-0.1, -0.05) is 29.0 Å². The van der Waals surface area contributed by atoms with Crippen LogP contribution in [-0.2, 0) is 0 Å². The predicted octanol–water partition coefficient (Wildman–Crippen LogP) is 5.49. The van der Waals surface area contributed by atoms with Crippen molar-refractivity contribution in [1.82, 2.24) is 4.98 Å². The third kappa shape index (κ3) is 2.76. The number of nitrogens with zero attached hydrogens (tertiary/aromatic N) is 1. The molecule has 0 saturated carbocycles. The number of fused-ring (bicyclic) bond motifs is 1. The zero-order valence-corrected chi connectivity index (χ0v) is 13.0. The molecule has 0 bridgehead atoms. The topological polar surface area (TPSA) is 24.9 Å². The summed E-state index contributed by atoms with van der Waals surface area (Å²) in [5.41, 5.74) is 2.32. The van der Waals surface area contributed by atoms with Crippen LogP contribution >= 0.6 is 34.3 Å². The number of thiazole rings is 1. The number of hydrogen-bond acceptors (Lipinski definition) is 4. The van der Waals surface area contributed by atoms with Crippen LogP contribution in [0.3, 0.4) is 0 Å². The summed E-state index contributed by atoms with van der Waals surface area (Å²) in [6.07, 6.45) is 0. The second-order valence-corrected chi connectivity index (χ2v) is 7.28. The maximum atomic E-state index is 5.97. The van der Waals surface area contributed by atoms with E-state index in [4.69, 9.17) is 11.6 Å². The number of nitrogens with one attached hydrogen (secondary N) is 1. The molecule has 19 heavy (non-hydrogen) atoms. The normalized spacial score (nSPS) is 12.8. The summed E-state index contributed by atoms with van der Waals surface area (Å²) < 4.78 is 2.04. The van der Waals surface area contributed by atoms with Crippen LogP contribution in [0, 0.1) is 6.92 Å². The molecule has 0 saturated heterocycles. The van der Waals surface area contributed by atoms with E-state index in [2.05, 4.69) is 48.4 Å². The average molecular weight is 309 g/mol. The summed E-state index contributed by atoms with van der Waals surface area (Å²) >= 11 is 9.26. The van der Waals surface area contributed by atoms with E-state index in [-0.39, 0.29) is 6.04 Å². The van der Waals surface area contributed by atoms with Gasteiger partial charge in [0.1, 0.15) is 0 Å². The lowest BCUT2D eigenvalue weighted by molar-refractivity contribution is 0.905. The van der Waals surface area contributed by atoms with Crippen molar-refractivity contribution in [3.63, 3.8) is 0 Å². The average Bonchev–Trinajstić information content (AvgIpc) is 2.94. The molecule has 1 aromatic carbocycles. The fraction of sp³-hybridized carbons (Fsp3) is 0.214. The molecule has 1 N–H and O–H groups in total. The summed E-state index contributed by atoms with van der Waals surface area (Å²) in [4.78, 5) is 5.83. The van der Waals surface area contributed by atoms with Crippen LogP contribution < -0.4 is 5.32 Å². The van der Waals surface area contributed by atoms with Crippen molar-refractivity contribution < 1.29 is 0 Å². The molecule has 0 spiro atoms. The lowest BCUT2D eigenvalue weighted by atomic mass is 10.2. The van der Waals surface area contributed by atoms with Gasteiger partial charge in [-0.25, -0.2) is 4.98 Å². The standard InChI is InChI=1S/C14H13ClN2S2/c1-8-3-4-10-12(7-8)19-14(17-10)16-9(2)11-5-6-13(15)18-11/h3-7,9H,1-2H3,(H,16,17). The van der Waals surface area contributed by atoms with Gasteiger partial charge >= 0.3 is 0 Å². The highest BCUT2D eigenvalue weighted by atomic mass is 35.5. The maximum absolute atomic E-state index is 5.97. The molecule has 2 heterocycles. The molecule has 0 aliphatic carbocycles. The summed E-state index contributed by atoms with van der Waals surface area (Å²) in [5, 5.41) is 4.40. The number of rotatable bonds is 3. The van der Waals surface area contributed by atoms with Crippen LogP contribution in [0.4, 0.5) is 5.13 Å². The fourth-order valence-corrected chi connectivity index (χ4v) is 4.03. The van der Waals surface area contributed by atoms with Gasteiger partial charge in [0.25, 0.3) is 0 Å². The Morgan fingerprint density at radius 3 is 2.79 bits per heavy atom. The van der Waals surface area contributed by atoms with Gasteiger partial charge in [-0.05, 0) is 43.7 Å². The van der Waals surface area contributed by atoms with Gasteiger partial charge in [-0.15, -0.1) is 11.3 Å². The molecule has 2 nitrogen and oxygen atoms in total. The van der Waals surface area contributed by atoms with Gasteiger partial charge < -0.3 is 5.32 Å². The minimum absolute atomic E-state index is 0.221. The van der Waals surface area contributed by atoms with Crippen molar-refractivity contribution in [2.24, 2.45) is 0 Å². The molecular formula is C14H13ClN2S2. The first-order valence-electron chi connectivity index (χ1n) is 6.01. The summed E-state index contributed by atoms with van der Waals surface area (Å²) in [6, 6.07) is 10.5. The first kappa shape index (κ1) is 12.9. The number of hydrogen-bond donors (Lipinski definition) is 1. The lowest BCUT2D eigenvalue weighted by Crippen LogP contribution is -2.03. The van der Waals surface area contributed by atoms with Crippen molar-refractivity contribution in [3.8, 4) is 0 Å². The highest BCUT2D eigenvalue weighted by Gasteiger charge is 2.11. The largest absolute Gasteiger partial charge is 0.354 e. The van der Waals surface area contributed by atoms with E-state index in [0.717, 1.165) is 15.0 Å². The minimum Gasteiger partial charge on any atom is -0.354 e. The highest BCUT2D eigenvalue weighted by molar-refractivity contribution is 7.22. The van der Waals surface area contributed by atoms with Gasteiger partial charge in [0, 0.05) is 4.88 Å². The van der Waals surface area contributed by atoms with Crippen molar-refractivity contribution in [2.45, 2.75) is 19.9 Å². The van der Waals surface area contributed by atoms with Crippen LogP contribution in [-0.4, -0.2) is 4.98 Å². The third-order valence-electron chi connectivity index (χ3n) is 2.90. The second-order valence-electron chi connectivity index (χ2n) is 4.50. The smallest absolute Gasteiger partial charge is 0.184 e. The van der Waals surface area contributed by atoms with E-state index in [0.29, 0.717) is 0 Å². The Hall–Kier alpha value is -1.10. The van der Waals surface area contributed by atoms with Crippen LogP contribution in [0.2, 0.25) is 4.34 Å². The van der Waals surface area contributed by atoms with Gasteiger partial charge in [-0.2, -0.15) is 0 Å². The SMILES string of the molecule is Cc1ccc2nc(NC(C)c3ccc(Cl)s3)sc2c1. The van der Waals surface area contributed by atoms with E-state index in [1.807, 2.05) is 6.07 Å². The molecule has 0 aliphatic heterocycles. The Kier molecular flexibility index (Phi) is 3.48. The fourth-order valence-electron chi connectivity index (χ4n) is 1.91. The van der Waals surface area contributed by atoms with Gasteiger partial charge in [0.15, 0.2) is 5.13 Å². The Morgan fingerprint density at radius 2 is 2.05 bits per heavy atom. The second kappa shape index (κ2) is 5.12. The predicted molar refractivity (Wildman–Crippen MR) is 85.7 cm³/mol. The van der Waals surface area contributed by atoms with Gasteiger partial charge in [0.2, 0.25) is 0 Å². The molecule has 5 heteroatoms. The number of aryl methyl sites for hydroxylation is 1. The monoisotopic (exact) mass is 308 g/mol. The zero-order valence-electron chi connectivity index (χ0n) is 10.6. The van der Waals surface area contributed by atoms with Crippen LogP contribution in [0.25, 0.3) is 10.2 Å². The molecule has 98 valence electrons. The minimum atomic E-state index is 0.221. The van der Waals surface area contributed by atoms with Crippen molar-refractivity contribution >= 4 is 49.6 Å². The van der Waals surface area contributed by atoms with Crippen molar-refractivity contribution in [1.29, 1.82) is 0 Å². The van der Waals surface area contributed by atoms with Crippen molar-refractivity contribution in [2.75, 3.05) is 5.32 Å². The van der Waals surface area contributed by atoms with E-state index in [9.17, 15) is 0 Å². The van der Waals surface area contributed by atoms with Crippen molar-refractivity contribution in [3.05, 3.63) is 45.1 Å². The quantitative estimate of drug-likeness (QED) is 0.691. The van der Waals surface area contributed by atoms with Crippen LogP contribution in [0.1, 0.15) is 23.4 Å².